The maximum Gasteiger partial charge on any atom is 0.186 e. The summed E-state index contributed by atoms with van der Waals surface area (Å²) in [5.74, 6) is -0.0161. The van der Waals surface area contributed by atoms with Crippen molar-refractivity contribution in [2.45, 2.75) is 45.1 Å². The van der Waals surface area contributed by atoms with Crippen LogP contribution in [0.15, 0.2) is 18.2 Å². The minimum absolute atomic E-state index is 0.0525. The normalized spacial score (nSPS) is 19.0. The van der Waals surface area contributed by atoms with Crippen LogP contribution >= 0.6 is 0 Å². The van der Waals surface area contributed by atoms with E-state index in [-0.39, 0.29) is 5.78 Å². The molecule has 1 atom stereocenters. The topological polar surface area (TPSA) is 29.5 Å². The molecule has 0 N–H and O–H groups in total. The molecule has 3 nitrogen and oxygen atoms in total. The van der Waals surface area contributed by atoms with Crippen LogP contribution in [0.3, 0.4) is 0 Å². The number of hydrogen-bond acceptors (Lipinski definition) is 3. The van der Waals surface area contributed by atoms with Crippen LogP contribution in [-0.4, -0.2) is 36.4 Å². The van der Waals surface area contributed by atoms with Gasteiger partial charge in [-0.05, 0) is 57.5 Å². The number of ether oxygens (including phenoxy) is 1. The first kappa shape index (κ1) is 16.0. The Morgan fingerprint density at radius 2 is 2.00 bits per heavy atom. The van der Waals surface area contributed by atoms with Crippen LogP contribution < -0.4 is 4.74 Å². The summed E-state index contributed by atoms with van der Waals surface area (Å²) < 4.78 is 18.8. The van der Waals surface area contributed by atoms with E-state index < -0.39 is 11.4 Å². The highest BCUT2D eigenvalue weighted by Gasteiger charge is 2.39. The number of likely N-dealkylation sites (tertiary alicyclic amines) is 1. The lowest BCUT2D eigenvalue weighted by atomic mass is 9.85. The minimum atomic E-state index is -0.596. The lowest BCUT2D eigenvalue weighted by Gasteiger charge is -2.42. The molecule has 4 heteroatoms. The molecule has 2 rings (SSSR count). The lowest BCUT2D eigenvalue weighted by Crippen LogP contribution is -2.54. The van der Waals surface area contributed by atoms with Crippen molar-refractivity contribution in [3.05, 3.63) is 29.6 Å². The Labute approximate surface area is 126 Å². The number of carbonyl (C=O) groups is 1. The van der Waals surface area contributed by atoms with Gasteiger partial charge in [0, 0.05) is 0 Å². The minimum Gasteiger partial charge on any atom is -0.496 e. The molecule has 1 saturated heterocycles. The molecule has 21 heavy (non-hydrogen) atoms. The molecule has 1 unspecified atom stereocenters. The van der Waals surface area contributed by atoms with Crippen molar-refractivity contribution in [1.82, 2.24) is 4.90 Å². The molecule has 0 amide bonds. The zero-order valence-corrected chi connectivity index (χ0v) is 13.1. The zero-order chi connectivity index (χ0) is 15.5. The van der Waals surface area contributed by atoms with E-state index in [1.807, 2.05) is 13.8 Å². The molecule has 1 aliphatic heterocycles. The number of ketones is 1. The molecular weight excluding hydrogens is 269 g/mol. The largest absolute Gasteiger partial charge is 0.496 e. The molecule has 1 aliphatic rings. The highest BCUT2D eigenvalue weighted by atomic mass is 19.1. The van der Waals surface area contributed by atoms with Gasteiger partial charge in [-0.25, -0.2) is 4.39 Å². The smallest absolute Gasteiger partial charge is 0.186 e. The van der Waals surface area contributed by atoms with Crippen molar-refractivity contribution in [3.63, 3.8) is 0 Å². The van der Waals surface area contributed by atoms with Gasteiger partial charge in [-0.15, -0.1) is 0 Å². The number of hydrogen-bond donors (Lipinski definition) is 0. The van der Waals surface area contributed by atoms with Gasteiger partial charge in [0.15, 0.2) is 5.78 Å². The number of nitrogens with zero attached hydrogens (tertiary/aromatic N) is 1. The van der Waals surface area contributed by atoms with E-state index in [2.05, 4.69) is 4.90 Å². The van der Waals surface area contributed by atoms with Crippen LogP contribution in [0.5, 0.6) is 5.75 Å². The Morgan fingerprint density at radius 3 is 2.57 bits per heavy atom. The number of rotatable bonds is 5. The van der Waals surface area contributed by atoms with Crippen molar-refractivity contribution in [1.29, 1.82) is 0 Å². The lowest BCUT2D eigenvalue weighted by molar-refractivity contribution is 0.0502. The second-order valence-electron chi connectivity index (χ2n) is 5.85. The molecule has 1 aromatic rings. The number of piperidine rings is 1. The molecule has 0 bridgehead atoms. The van der Waals surface area contributed by atoms with E-state index in [1.165, 1.54) is 31.7 Å². The van der Waals surface area contributed by atoms with Gasteiger partial charge in [0.2, 0.25) is 0 Å². The van der Waals surface area contributed by atoms with Gasteiger partial charge >= 0.3 is 0 Å². The molecular formula is C17H24FNO2. The number of benzene rings is 1. The number of methoxy groups -OCH3 is 1. The summed E-state index contributed by atoms with van der Waals surface area (Å²) >= 11 is 0. The fourth-order valence-electron chi connectivity index (χ4n) is 3.06. The van der Waals surface area contributed by atoms with Gasteiger partial charge < -0.3 is 4.74 Å². The first-order valence-electron chi connectivity index (χ1n) is 7.66. The van der Waals surface area contributed by atoms with Crippen LogP contribution in [-0.2, 0) is 0 Å². The number of Topliss-reactive ketones (excluding diaryl/α,β-unsaturated/α-hetero) is 1. The monoisotopic (exact) mass is 293 g/mol. The summed E-state index contributed by atoms with van der Waals surface area (Å²) in [6.07, 6.45) is 4.14. The van der Waals surface area contributed by atoms with Crippen LogP contribution in [0, 0.1) is 5.82 Å². The molecule has 0 spiro atoms. The molecule has 0 aliphatic carbocycles. The van der Waals surface area contributed by atoms with E-state index >= 15 is 0 Å². The number of halogens is 1. The van der Waals surface area contributed by atoms with E-state index in [0.717, 1.165) is 25.9 Å². The van der Waals surface area contributed by atoms with Crippen molar-refractivity contribution in [2.75, 3.05) is 20.2 Å². The summed E-state index contributed by atoms with van der Waals surface area (Å²) in [6.45, 7) is 5.82. The van der Waals surface area contributed by atoms with Crippen LogP contribution in [0.2, 0.25) is 0 Å². The SMILES string of the molecule is CCC(C)(C(=O)c1cc(F)ccc1OC)N1CCCCC1. The van der Waals surface area contributed by atoms with Crippen molar-refractivity contribution in [3.8, 4) is 5.75 Å². The maximum absolute atomic E-state index is 13.6. The fourth-order valence-corrected chi connectivity index (χ4v) is 3.06. The Balaban J connectivity index is 2.37. The van der Waals surface area contributed by atoms with Crippen molar-refractivity contribution in [2.24, 2.45) is 0 Å². The fraction of sp³-hybridized carbons (Fsp3) is 0.588. The summed E-state index contributed by atoms with van der Waals surface area (Å²) in [6, 6.07) is 4.13. The van der Waals surface area contributed by atoms with E-state index in [0.29, 0.717) is 17.7 Å². The van der Waals surface area contributed by atoms with Gasteiger partial charge in [-0.1, -0.05) is 13.3 Å². The second-order valence-corrected chi connectivity index (χ2v) is 5.85. The van der Waals surface area contributed by atoms with E-state index in [9.17, 15) is 9.18 Å². The third-order valence-electron chi connectivity index (χ3n) is 4.64. The molecule has 116 valence electrons. The zero-order valence-electron chi connectivity index (χ0n) is 13.1. The Kier molecular flexibility index (Phi) is 4.99. The van der Waals surface area contributed by atoms with Gasteiger partial charge in [0.05, 0.1) is 18.2 Å². The Bertz CT molecular complexity index is 512. The molecule has 1 heterocycles. The quantitative estimate of drug-likeness (QED) is 0.776. The van der Waals surface area contributed by atoms with Crippen LogP contribution in [0.1, 0.15) is 49.9 Å². The number of carbonyl (C=O) groups excluding carboxylic acids is 1. The predicted molar refractivity (Wildman–Crippen MR) is 81.4 cm³/mol. The molecule has 0 saturated carbocycles. The van der Waals surface area contributed by atoms with Gasteiger partial charge in [0.25, 0.3) is 0 Å². The van der Waals surface area contributed by atoms with Gasteiger partial charge in [-0.3, -0.25) is 9.69 Å². The Hall–Kier alpha value is -1.42. The molecule has 0 aromatic heterocycles. The first-order valence-corrected chi connectivity index (χ1v) is 7.66. The van der Waals surface area contributed by atoms with E-state index in [1.54, 1.807) is 0 Å². The third kappa shape index (κ3) is 3.10. The molecule has 1 aromatic carbocycles. The average Bonchev–Trinajstić information content (AvgIpc) is 2.54. The highest BCUT2D eigenvalue weighted by molar-refractivity contribution is 6.05. The van der Waals surface area contributed by atoms with Gasteiger partial charge in [-0.2, -0.15) is 0 Å². The van der Waals surface area contributed by atoms with Crippen molar-refractivity contribution >= 4 is 5.78 Å². The Morgan fingerprint density at radius 1 is 1.33 bits per heavy atom. The summed E-state index contributed by atoms with van der Waals surface area (Å²) in [5, 5.41) is 0. The van der Waals surface area contributed by atoms with Crippen LogP contribution in [0.4, 0.5) is 4.39 Å². The molecule has 0 radical (unpaired) electrons. The second kappa shape index (κ2) is 6.56. The summed E-state index contributed by atoms with van der Waals surface area (Å²) in [4.78, 5) is 15.3. The summed E-state index contributed by atoms with van der Waals surface area (Å²) in [5.41, 5.74) is -0.256. The predicted octanol–water partition coefficient (Wildman–Crippen LogP) is 3.67. The van der Waals surface area contributed by atoms with Crippen LogP contribution in [0.25, 0.3) is 0 Å². The third-order valence-corrected chi connectivity index (χ3v) is 4.64. The van der Waals surface area contributed by atoms with Crippen molar-refractivity contribution < 1.29 is 13.9 Å². The highest BCUT2D eigenvalue weighted by Crippen LogP contribution is 2.31. The maximum atomic E-state index is 13.6. The standard InChI is InChI=1S/C17H24FNO2/c1-4-17(2,19-10-6-5-7-11-19)16(20)14-12-13(18)8-9-15(14)21-3/h8-9,12H,4-7,10-11H2,1-3H3. The van der Waals surface area contributed by atoms with E-state index in [4.69, 9.17) is 4.74 Å². The van der Waals surface area contributed by atoms with Gasteiger partial charge in [0.1, 0.15) is 11.6 Å². The molecule has 1 fully saturated rings. The first-order chi connectivity index (χ1) is 10.0. The summed E-state index contributed by atoms with van der Waals surface area (Å²) in [7, 11) is 1.51. The average molecular weight is 293 g/mol.